The monoisotopic (exact) mass is 344 g/mol. The van der Waals surface area contributed by atoms with Crippen LogP contribution < -0.4 is 5.73 Å². The van der Waals surface area contributed by atoms with Gasteiger partial charge in [-0.15, -0.1) is 0 Å². The summed E-state index contributed by atoms with van der Waals surface area (Å²) in [5.41, 5.74) is 6.44. The number of thioether (sulfide) groups is 1. The summed E-state index contributed by atoms with van der Waals surface area (Å²) in [5.74, 6) is -1.29. The highest BCUT2D eigenvalue weighted by Crippen LogP contribution is 2.31. The second-order valence-corrected chi connectivity index (χ2v) is 6.54. The van der Waals surface area contributed by atoms with Crippen molar-refractivity contribution in [3.63, 3.8) is 0 Å². The number of nitrogens with two attached hydrogens (primary N) is 1. The molecule has 1 aromatic carbocycles. The first-order valence-electron chi connectivity index (χ1n) is 5.70. The number of thiazole rings is 1. The van der Waals surface area contributed by atoms with E-state index < -0.39 is 11.6 Å². The molecule has 0 aliphatic heterocycles. The Balaban J connectivity index is 1.86. The van der Waals surface area contributed by atoms with Gasteiger partial charge in [0.15, 0.2) is 26.9 Å². The van der Waals surface area contributed by atoms with Crippen molar-refractivity contribution in [2.24, 2.45) is 0 Å². The molecule has 0 saturated carbocycles. The molecule has 2 N–H and O–H groups in total. The molecule has 108 valence electrons. The van der Waals surface area contributed by atoms with E-state index in [-0.39, 0.29) is 17.1 Å². The van der Waals surface area contributed by atoms with Crippen LogP contribution in [-0.2, 0) is 5.75 Å². The van der Waals surface area contributed by atoms with E-state index in [0.29, 0.717) is 20.0 Å². The van der Waals surface area contributed by atoms with Crippen LogP contribution in [0.3, 0.4) is 0 Å². The highest BCUT2D eigenvalue weighted by Gasteiger charge is 2.13. The molecule has 2 aromatic heterocycles. The quantitative estimate of drug-likeness (QED) is 0.576. The molecule has 4 nitrogen and oxygen atoms in total. The zero-order valence-electron chi connectivity index (χ0n) is 10.3. The molecule has 0 amide bonds. The third-order valence-corrected chi connectivity index (χ3v) is 4.69. The van der Waals surface area contributed by atoms with Crippen molar-refractivity contribution >= 4 is 50.9 Å². The Labute approximate surface area is 131 Å². The van der Waals surface area contributed by atoms with Gasteiger partial charge >= 0.3 is 0 Å². The summed E-state index contributed by atoms with van der Waals surface area (Å²) in [6.07, 6.45) is 0. The van der Waals surface area contributed by atoms with Crippen LogP contribution in [-0.4, -0.2) is 15.0 Å². The van der Waals surface area contributed by atoms with Crippen molar-refractivity contribution in [2.75, 3.05) is 5.73 Å². The highest BCUT2D eigenvalue weighted by molar-refractivity contribution is 7.98. The third kappa shape index (κ3) is 2.92. The molecule has 0 aliphatic carbocycles. The Kier molecular flexibility index (Phi) is 3.92. The molecule has 2 heterocycles. The van der Waals surface area contributed by atoms with Crippen molar-refractivity contribution in [1.29, 1.82) is 0 Å². The van der Waals surface area contributed by atoms with Crippen molar-refractivity contribution in [3.05, 3.63) is 39.9 Å². The van der Waals surface area contributed by atoms with Crippen molar-refractivity contribution in [3.8, 4) is 0 Å². The second kappa shape index (κ2) is 5.70. The number of nitrogens with zero attached hydrogens (tertiary/aromatic N) is 3. The highest BCUT2D eigenvalue weighted by atomic mass is 35.5. The minimum Gasteiger partial charge on any atom is -0.382 e. The SMILES string of the molecule is Nc1nc(SCc2cccc(F)c2F)nc2nc(Cl)sc12. The standard InChI is InChI=1S/C12H7ClF2N4S2/c13-11-18-10-8(21-11)9(16)17-12(19-10)20-4-5-2-1-3-6(14)7(5)15/h1-3H,4H2,(H2,16,17,19). The lowest BCUT2D eigenvalue weighted by atomic mass is 10.2. The van der Waals surface area contributed by atoms with E-state index in [4.69, 9.17) is 17.3 Å². The molecule has 0 atom stereocenters. The summed E-state index contributed by atoms with van der Waals surface area (Å²) in [4.78, 5) is 12.3. The zero-order valence-corrected chi connectivity index (χ0v) is 12.7. The van der Waals surface area contributed by atoms with Crippen molar-refractivity contribution in [1.82, 2.24) is 15.0 Å². The Morgan fingerprint density at radius 2 is 2.05 bits per heavy atom. The van der Waals surface area contributed by atoms with Gasteiger partial charge in [-0.2, -0.15) is 0 Å². The van der Waals surface area contributed by atoms with E-state index in [1.165, 1.54) is 23.5 Å². The van der Waals surface area contributed by atoms with Gasteiger partial charge in [0.1, 0.15) is 10.5 Å². The minimum absolute atomic E-state index is 0.187. The Morgan fingerprint density at radius 3 is 2.86 bits per heavy atom. The van der Waals surface area contributed by atoms with Gasteiger partial charge in [0.2, 0.25) is 0 Å². The van der Waals surface area contributed by atoms with Crippen LogP contribution in [0.1, 0.15) is 5.56 Å². The van der Waals surface area contributed by atoms with Crippen LogP contribution >= 0.6 is 34.7 Å². The predicted octanol–water partition coefficient (Wildman–Crippen LogP) is 3.89. The van der Waals surface area contributed by atoms with E-state index in [2.05, 4.69) is 15.0 Å². The van der Waals surface area contributed by atoms with Gasteiger partial charge in [-0.25, -0.2) is 23.7 Å². The molecular formula is C12H7ClF2N4S2. The summed E-state index contributed by atoms with van der Waals surface area (Å²) >= 11 is 8.14. The summed E-state index contributed by atoms with van der Waals surface area (Å²) in [6.45, 7) is 0. The first-order chi connectivity index (χ1) is 10.0. The molecule has 0 aliphatic rings. The fourth-order valence-corrected chi connectivity index (χ4v) is 3.43. The predicted molar refractivity (Wildman–Crippen MR) is 80.6 cm³/mol. The average Bonchev–Trinajstić information content (AvgIpc) is 2.81. The maximum atomic E-state index is 13.6. The van der Waals surface area contributed by atoms with Crippen LogP contribution in [0, 0.1) is 11.6 Å². The van der Waals surface area contributed by atoms with Crippen LogP contribution in [0.15, 0.2) is 23.4 Å². The number of anilines is 1. The fraction of sp³-hybridized carbons (Fsp3) is 0.0833. The van der Waals surface area contributed by atoms with Gasteiger partial charge in [-0.3, -0.25) is 0 Å². The molecule has 3 rings (SSSR count). The topological polar surface area (TPSA) is 64.7 Å². The number of hydrogen-bond donors (Lipinski definition) is 1. The van der Waals surface area contributed by atoms with Crippen LogP contribution in [0.4, 0.5) is 14.6 Å². The van der Waals surface area contributed by atoms with Crippen LogP contribution in [0.2, 0.25) is 4.47 Å². The first-order valence-corrected chi connectivity index (χ1v) is 7.88. The molecule has 0 unspecified atom stereocenters. The molecule has 0 fully saturated rings. The van der Waals surface area contributed by atoms with Crippen LogP contribution in [0.25, 0.3) is 10.3 Å². The Hall–Kier alpha value is -1.51. The maximum Gasteiger partial charge on any atom is 0.191 e. The van der Waals surface area contributed by atoms with Gasteiger partial charge < -0.3 is 5.73 Å². The normalized spacial score (nSPS) is 11.2. The number of aromatic nitrogens is 3. The lowest BCUT2D eigenvalue weighted by Crippen LogP contribution is -1.97. The number of benzene rings is 1. The number of nitrogen functional groups attached to an aromatic ring is 1. The smallest absolute Gasteiger partial charge is 0.191 e. The molecule has 0 bridgehead atoms. The van der Waals surface area contributed by atoms with Gasteiger partial charge in [0.05, 0.1) is 0 Å². The van der Waals surface area contributed by atoms with E-state index in [9.17, 15) is 8.78 Å². The third-order valence-electron chi connectivity index (χ3n) is 2.62. The van der Waals surface area contributed by atoms with Gasteiger partial charge in [0.25, 0.3) is 0 Å². The van der Waals surface area contributed by atoms with Crippen LogP contribution in [0.5, 0.6) is 0 Å². The molecular weight excluding hydrogens is 338 g/mol. The summed E-state index contributed by atoms with van der Waals surface area (Å²) in [6, 6.07) is 4.03. The van der Waals surface area contributed by atoms with Gasteiger partial charge in [-0.05, 0) is 6.07 Å². The van der Waals surface area contributed by atoms with Gasteiger partial charge in [0, 0.05) is 11.3 Å². The summed E-state index contributed by atoms with van der Waals surface area (Å²) in [7, 11) is 0. The summed E-state index contributed by atoms with van der Waals surface area (Å²) < 4.78 is 27.6. The molecule has 3 aromatic rings. The van der Waals surface area contributed by atoms with E-state index in [0.717, 1.165) is 17.8 Å². The summed E-state index contributed by atoms with van der Waals surface area (Å²) in [5, 5.41) is 0.339. The molecule has 0 radical (unpaired) electrons. The second-order valence-electron chi connectivity index (χ2n) is 4.01. The number of hydrogen-bond acceptors (Lipinski definition) is 6. The molecule has 21 heavy (non-hydrogen) atoms. The average molecular weight is 345 g/mol. The van der Waals surface area contributed by atoms with E-state index >= 15 is 0 Å². The zero-order chi connectivity index (χ0) is 15.0. The van der Waals surface area contributed by atoms with Crippen molar-refractivity contribution in [2.45, 2.75) is 10.9 Å². The lowest BCUT2D eigenvalue weighted by molar-refractivity contribution is 0.502. The van der Waals surface area contributed by atoms with E-state index in [1.807, 2.05) is 0 Å². The maximum absolute atomic E-state index is 13.6. The Morgan fingerprint density at radius 1 is 1.24 bits per heavy atom. The number of rotatable bonds is 3. The number of halogens is 3. The molecule has 0 saturated heterocycles. The van der Waals surface area contributed by atoms with Gasteiger partial charge in [-0.1, -0.05) is 46.8 Å². The van der Waals surface area contributed by atoms with E-state index in [1.54, 1.807) is 0 Å². The molecule has 0 spiro atoms. The minimum atomic E-state index is -0.879. The first kappa shape index (κ1) is 14.4. The van der Waals surface area contributed by atoms with Crippen molar-refractivity contribution < 1.29 is 8.78 Å². The molecule has 9 heteroatoms. The largest absolute Gasteiger partial charge is 0.382 e. The Bertz CT molecular complexity index is 824. The fourth-order valence-electron chi connectivity index (χ4n) is 1.67. The number of fused-ring (bicyclic) bond motifs is 1. The lowest BCUT2D eigenvalue weighted by Gasteiger charge is -2.04.